The van der Waals surface area contributed by atoms with Gasteiger partial charge < -0.3 is 10.1 Å². The quantitative estimate of drug-likeness (QED) is 0.910. The molecule has 1 aromatic carbocycles. The second-order valence-corrected chi connectivity index (χ2v) is 6.24. The maximum atomic E-state index is 5.52. The summed E-state index contributed by atoms with van der Waals surface area (Å²) >= 11 is 0. The number of nitrogens with zero attached hydrogens (tertiary/aromatic N) is 2. The molecule has 0 aliphatic carbocycles. The van der Waals surface area contributed by atoms with Gasteiger partial charge in [0.25, 0.3) is 0 Å². The number of ether oxygens (including phenoxy) is 1. The predicted octanol–water partition coefficient (Wildman–Crippen LogP) is 3.73. The number of nitrogens with one attached hydrogen (secondary N) is 1. The lowest BCUT2D eigenvalue weighted by Crippen LogP contribution is -2.16. The van der Waals surface area contributed by atoms with Crippen molar-refractivity contribution in [3.05, 3.63) is 41.7 Å². The van der Waals surface area contributed by atoms with Crippen LogP contribution < -0.4 is 10.1 Å². The van der Waals surface area contributed by atoms with Gasteiger partial charge in [-0.2, -0.15) is 5.10 Å². The second-order valence-electron chi connectivity index (χ2n) is 6.24. The van der Waals surface area contributed by atoms with Gasteiger partial charge in [-0.15, -0.1) is 0 Å². The topological polar surface area (TPSA) is 39.1 Å². The summed E-state index contributed by atoms with van der Waals surface area (Å²) in [6.45, 7) is 10.00. The highest BCUT2D eigenvalue weighted by Gasteiger charge is 2.21. The third-order valence-electron chi connectivity index (χ3n) is 3.24. The van der Waals surface area contributed by atoms with Crippen LogP contribution in [0, 0.1) is 0 Å². The highest BCUT2D eigenvalue weighted by atomic mass is 16.5. The first-order chi connectivity index (χ1) is 9.90. The van der Waals surface area contributed by atoms with Crippen molar-refractivity contribution in [2.24, 2.45) is 7.05 Å². The van der Waals surface area contributed by atoms with E-state index in [1.54, 1.807) is 0 Å². The van der Waals surface area contributed by atoms with Crippen LogP contribution in [0.2, 0.25) is 0 Å². The Labute approximate surface area is 127 Å². The van der Waals surface area contributed by atoms with Gasteiger partial charge in [0.15, 0.2) is 0 Å². The molecule has 0 amide bonds. The molecule has 2 rings (SSSR count). The maximum Gasteiger partial charge on any atom is 0.121 e. The Hall–Kier alpha value is -1.97. The fourth-order valence-electron chi connectivity index (χ4n) is 2.36. The zero-order chi connectivity index (χ0) is 15.5. The van der Waals surface area contributed by atoms with Gasteiger partial charge in [0, 0.05) is 42.5 Å². The summed E-state index contributed by atoms with van der Waals surface area (Å²) in [5, 5.41) is 8.05. The van der Waals surface area contributed by atoms with E-state index in [9.17, 15) is 0 Å². The summed E-state index contributed by atoms with van der Waals surface area (Å²) < 4.78 is 7.41. The number of anilines is 1. The monoisotopic (exact) mass is 287 g/mol. The minimum Gasteiger partial charge on any atom is -0.494 e. The van der Waals surface area contributed by atoms with Crippen LogP contribution in [0.3, 0.4) is 0 Å². The van der Waals surface area contributed by atoms with E-state index in [2.05, 4.69) is 43.4 Å². The Balaban J connectivity index is 2.11. The number of hydrogen-bond donors (Lipinski definition) is 1. The van der Waals surface area contributed by atoms with E-state index in [1.165, 1.54) is 5.56 Å². The van der Waals surface area contributed by atoms with Crippen LogP contribution in [0.1, 0.15) is 39.0 Å². The van der Waals surface area contributed by atoms with Gasteiger partial charge in [0.2, 0.25) is 0 Å². The van der Waals surface area contributed by atoms with Gasteiger partial charge in [-0.25, -0.2) is 0 Å². The molecule has 0 spiro atoms. The molecule has 2 aromatic rings. The van der Waals surface area contributed by atoms with Gasteiger partial charge in [-0.3, -0.25) is 4.68 Å². The highest BCUT2D eigenvalue weighted by molar-refractivity contribution is 5.48. The van der Waals surface area contributed by atoms with Crippen LogP contribution in [0.4, 0.5) is 5.69 Å². The molecular formula is C17H25N3O. The molecule has 4 nitrogen and oxygen atoms in total. The Kier molecular flexibility index (Phi) is 4.56. The fourth-order valence-corrected chi connectivity index (χ4v) is 2.36. The summed E-state index contributed by atoms with van der Waals surface area (Å²) in [5.74, 6) is 0.893. The molecule has 0 saturated carbocycles. The normalized spacial score (nSPS) is 11.5. The molecule has 0 aliphatic rings. The van der Waals surface area contributed by atoms with Gasteiger partial charge in [0.05, 0.1) is 12.3 Å². The van der Waals surface area contributed by atoms with E-state index in [-0.39, 0.29) is 5.41 Å². The zero-order valence-corrected chi connectivity index (χ0v) is 13.6. The lowest BCUT2D eigenvalue weighted by molar-refractivity contribution is 0.340. The minimum absolute atomic E-state index is 0.0471. The second kappa shape index (κ2) is 6.20. The van der Waals surface area contributed by atoms with E-state index < -0.39 is 0 Å². The van der Waals surface area contributed by atoms with E-state index in [1.807, 2.05) is 36.9 Å². The summed E-state index contributed by atoms with van der Waals surface area (Å²) in [7, 11) is 1.97. The number of aromatic nitrogens is 2. The molecule has 0 unspecified atom stereocenters. The fraction of sp³-hybridized carbons (Fsp3) is 0.471. The molecule has 0 fully saturated rings. The van der Waals surface area contributed by atoms with Gasteiger partial charge >= 0.3 is 0 Å². The van der Waals surface area contributed by atoms with E-state index in [4.69, 9.17) is 4.74 Å². The molecule has 1 N–H and O–H groups in total. The van der Waals surface area contributed by atoms with Crippen molar-refractivity contribution in [2.45, 2.75) is 39.7 Å². The highest BCUT2D eigenvalue weighted by Crippen LogP contribution is 2.25. The average Bonchev–Trinajstić information content (AvgIpc) is 2.79. The molecule has 1 aromatic heterocycles. The van der Waals surface area contributed by atoms with Crippen molar-refractivity contribution < 1.29 is 4.74 Å². The summed E-state index contributed by atoms with van der Waals surface area (Å²) in [4.78, 5) is 0. The van der Waals surface area contributed by atoms with Crippen molar-refractivity contribution in [1.82, 2.24) is 9.78 Å². The molecular weight excluding hydrogens is 262 g/mol. The number of aryl methyl sites for hydroxylation is 1. The molecule has 4 heteroatoms. The van der Waals surface area contributed by atoms with Crippen molar-refractivity contribution >= 4 is 5.69 Å². The van der Waals surface area contributed by atoms with Crippen LogP contribution in [-0.4, -0.2) is 16.4 Å². The molecule has 0 saturated heterocycles. The number of benzene rings is 1. The van der Waals surface area contributed by atoms with Crippen LogP contribution in [0.5, 0.6) is 5.75 Å². The Morgan fingerprint density at radius 1 is 1.29 bits per heavy atom. The summed E-state index contributed by atoms with van der Waals surface area (Å²) in [6, 6.07) is 8.05. The molecule has 1 heterocycles. The SMILES string of the molecule is CCOc1cccc(NCc2cn(C)nc2C(C)(C)C)c1. The average molecular weight is 287 g/mol. The van der Waals surface area contributed by atoms with Crippen molar-refractivity contribution in [3.63, 3.8) is 0 Å². The smallest absolute Gasteiger partial charge is 0.121 e. The van der Waals surface area contributed by atoms with Crippen molar-refractivity contribution in [1.29, 1.82) is 0 Å². The first-order valence-corrected chi connectivity index (χ1v) is 7.40. The molecule has 114 valence electrons. The summed E-state index contributed by atoms with van der Waals surface area (Å²) in [5.41, 5.74) is 3.47. The van der Waals surface area contributed by atoms with Crippen LogP contribution in [0.15, 0.2) is 30.5 Å². The minimum atomic E-state index is 0.0471. The van der Waals surface area contributed by atoms with Gasteiger partial charge in [0.1, 0.15) is 5.75 Å². The largest absolute Gasteiger partial charge is 0.494 e. The Bertz CT molecular complexity index is 596. The van der Waals surface area contributed by atoms with E-state index in [0.717, 1.165) is 23.7 Å². The van der Waals surface area contributed by atoms with E-state index >= 15 is 0 Å². The first-order valence-electron chi connectivity index (χ1n) is 7.40. The molecule has 0 radical (unpaired) electrons. The maximum absolute atomic E-state index is 5.52. The third kappa shape index (κ3) is 4.00. The molecule has 0 bridgehead atoms. The van der Waals surface area contributed by atoms with Crippen LogP contribution >= 0.6 is 0 Å². The lowest BCUT2D eigenvalue weighted by atomic mass is 9.89. The predicted molar refractivity (Wildman–Crippen MR) is 86.8 cm³/mol. The Morgan fingerprint density at radius 3 is 2.71 bits per heavy atom. The van der Waals surface area contributed by atoms with Crippen LogP contribution in [0.25, 0.3) is 0 Å². The lowest BCUT2D eigenvalue weighted by Gasteiger charge is -2.18. The summed E-state index contributed by atoms with van der Waals surface area (Å²) in [6.07, 6.45) is 2.08. The standard InChI is InChI=1S/C17H25N3O/c1-6-21-15-9-7-8-14(10-15)18-11-13-12-20(5)19-16(13)17(2,3)4/h7-10,12,18H,6,11H2,1-5H3. The van der Waals surface area contributed by atoms with Gasteiger partial charge in [-0.1, -0.05) is 26.8 Å². The van der Waals surface area contributed by atoms with Gasteiger partial charge in [-0.05, 0) is 19.1 Å². The first kappa shape index (κ1) is 15.4. The zero-order valence-electron chi connectivity index (χ0n) is 13.6. The van der Waals surface area contributed by atoms with Crippen molar-refractivity contribution in [3.8, 4) is 5.75 Å². The van der Waals surface area contributed by atoms with Crippen LogP contribution in [-0.2, 0) is 19.0 Å². The molecule has 0 aliphatic heterocycles. The third-order valence-corrected chi connectivity index (χ3v) is 3.24. The number of hydrogen-bond acceptors (Lipinski definition) is 3. The number of rotatable bonds is 5. The molecule has 0 atom stereocenters. The van der Waals surface area contributed by atoms with Crippen molar-refractivity contribution in [2.75, 3.05) is 11.9 Å². The van der Waals surface area contributed by atoms with E-state index in [0.29, 0.717) is 6.61 Å². The molecule has 21 heavy (non-hydrogen) atoms. The Morgan fingerprint density at radius 2 is 2.05 bits per heavy atom.